The number of aromatic nitrogens is 3. The number of amides is 3. The molecule has 0 saturated carbocycles. The lowest BCUT2D eigenvalue weighted by Gasteiger charge is -2.13. The number of pyridine rings is 1. The third-order valence-corrected chi connectivity index (χ3v) is 4.95. The number of carbonyl (C=O) groups is 3. The van der Waals surface area contributed by atoms with Gasteiger partial charge >= 0.3 is 0 Å². The molecule has 30 heavy (non-hydrogen) atoms. The van der Waals surface area contributed by atoms with Crippen LogP contribution in [0.25, 0.3) is 5.82 Å². The number of fused-ring (bicyclic) bond motifs is 1. The average Bonchev–Trinajstić information content (AvgIpc) is 3.36. The van der Waals surface area contributed by atoms with Crippen molar-refractivity contribution in [3.05, 3.63) is 77.2 Å². The van der Waals surface area contributed by atoms with Gasteiger partial charge in [-0.1, -0.05) is 11.6 Å². The Morgan fingerprint density at radius 3 is 2.70 bits per heavy atom. The molecule has 1 aliphatic heterocycles. The van der Waals surface area contributed by atoms with E-state index >= 15 is 0 Å². The van der Waals surface area contributed by atoms with Crippen molar-refractivity contribution in [1.29, 1.82) is 0 Å². The largest absolute Gasteiger partial charge is 0.352 e. The van der Waals surface area contributed by atoms with Crippen LogP contribution in [0.1, 0.15) is 44.7 Å². The molecule has 0 atom stereocenters. The fourth-order valence-electron chi connectivity index (χ4n) is 3.39. The maximum Gasteiger partial charge on any atom is 0.261 e. The molecule has 0 saturated heterocycles. The van der Waals surface area contributed by atoms with Crippen LogP contribution in [0.5, 0.6) is 0 Å². The van der Waals surface area contributed by atoms with Gasteiger partial charge in [0.2, 0.25) is 5.91 Å². The van der Waals surface area contributed by atoms with E-state index in [0.29, 0.717) is 29.9 Å². The standard InChI is InChI=1S/C22H21N5O3/c1-15-5-6-17-18(12-15)22(30)26(21(17)29)10-2-4-20(28)24-14-16-7-9-23-19(13-16)27-11-3-8-25-27/h3,5-9,11-13H,2,4,10,14H2,1H3,(H,24,28). The van der Waals surface area contributed by atoms with E-state index in [0.717, 1.165) is 11.1 Å². The summed E-state index contributed by atoms with van der Waals surface area (Å²) in [6.45, 7) is 2.46. The van der Waals surface area contributed by atoms with Crippen LogP contribution in [-0.4, -0.2) is 43.9 Å². The normalized spacial score (nSPS) is 12.9. The van der Waals surface area contributed by atoms with Crippen LogP contribution in [0.3, 0.4) is 0 Å². The van der Waals surface area contributed by atoms with Crippen LogP contribution in [0.4, 0.5) is 0 Å². The second-order valence-electron chi connectivity index (χ2n) is 7.16. The van der Waals surface area contributed by atoms with Gasteiger partial charge in [0.15, 0.2) is 5.82 Å². The van der Waals surface area contributed by atoms with Crippen LogP contribution in [0.2, 0.25) is 0 Å². The fourth-order valence-corrected chi connectivity index (χ4v) is 3.39. The van der Waals surface area contributed by atoms with Crippen molar-refractivity contribution in [1.82, 2.24) is 25.0 Å². The summed E-state index contributed by atoms with van der Waals surface area (Å²) in [7, 11) is 0. The van der Waals surface area contributed by atoms with Crippen molar-refractivity contribution < 1.29 is 14.4 Å². The Hall–Kier alpha value is -3.81. The van der Waals surface area contributed by atoms with Gasteiger partial charge in [0.25, 0.3) is 11.8 Å². The monoisotopic (exact) mass is 403 g/mol. The van der Waals surface area contributed by atoms with E-state index in [1.165, 1.54) is 4.90 Å². The van der Waals surface area contributed by atoms with Gasteiger partial charge in [0.05, 0.1) is 11.1 Å². The molecule has 3 heterocycles. The number of hydrogen-bond donors (Lipinski definition) is 1. The smallest absolute Gasteiger partial charge is 0.261 e. The van der Waals surface area contributed by atoms with Crippen molar-refractivity contribution in [2.45, 2.75) is 26.3 Å². The SMILES string of the molecule is Cc1ccc2c(c1)C(=O)N(CCCC(=O)NCc1ccnc(-n3cccn3)c1)C2=O. The Bertz CT molecular complexity index is 1110. The van der Waals surface area contributed by atoms with E-state index < -0.39 is 0 Å². The van der Waals surface area contributed by atoms with Crippen molar-refractivity contribution in [3.8, 4) is 5.82 Å². The van der Waals surface area contributed by atoms with Gasteiger partial charge in [0.1, 0.15) is 0 Å². The number of nitrogens with one attached hydrogen (secondary N) is 1. The molecule has 8 nitrogen and oxygen atoms in total. The number of benzene rings is 1. The first-order valence-corrected chi connectivity index (χ1v) is 9.71. The summed E-state index contributed by atoms with van der Waals surface area (Å²) < 4.78 is 1.65. The van der Waals surface area contributed by atoms with Crippen LogP contribution >= 0.6 is 0 Å². The highest BCUT2D eigenvalue weighted by molar-refractivity contribution is 6.21. The summed E-state index contributed by atoms with van der Waals surface area (Å²) in [6.07, 6.45) is 5.77. The third-order valence-electron chi connectivity index (χ3n) is 4.95. The first-order valence-electron chi connectivity index (χ1n) is 9.71. The molecule has 152 valence electrons. The summed E-state index contributed by atoms with van der Waals surface area (Å²) in [5, 5.41) is 7.00. The number of imide groups is 1. The minimum Gasteiger partial charge on any atom is -0.352 e. The van der Waals surface area contributed by atoms with E-state index in [1.54, 1.807) is 35.4 Å². The Labute approximate surface area is 173 Å². The molecule has 3 aromatic rings. The van der Waals surface area contributed by atoms with E-state index in [1.807, 2.05) is 31.2 Å². The Kier molecular flexibility index (Phi) is 5.38. The molecule has 8 heteroatoms. The molecule has 4 rings (SSSR count). The van der Waals surface area contributed by atoms with Crippen molar-refractivity contribution >= 4 is 17.7 Å². The van der Waals surface area contributed by atoms with Gasteiger partial charge in [-0.2, -0.15) is 5.10 Å². The third kappa shape index (κ3) is 3.98. The minimum absolute atomic E-state index is 0.139. The van der Waals surface area contributed by atoms with Gasteiger partial charge in [0, 0.05) is 38.1 Å². The summed E-state index contributed by atoms with van der Waals surface area (Å²) in [6, 6.07) is 10.7. The Balaban J connectivity index is 1.27. The summed E-state index contributed by atoms with van der Waals surface area (Å²) >= 11 is 0. The van der Waals surface area contributed by atoms with E-state index in [9.17, 15) is 14.4 Å². The number of nitrogens with zero attached hydrogens (tertiary/aromatic N) is 4. The van der Waals surface area contributed by atoms with Crippen LogP contribution in [-0.2, 0) is 11.3 Å². The van der Waals surface area contributed by atoms with Crippen LogP contribution in [0, 0.1) is 6.92 Å². The van der Waals surface area contributed by atoms with Gasteiger partial charge in [-0.25, -0.2) is 9.67 Å². The molecule has 0 bridgehead atoms. The molecule has 0 spiro atoms. The molecule has 1 aliphatic rings. The zero-order valence-corrected chi connectivity index (χ0v) is 16.5. The van der Waals surface area contributed by atoms with E-state index in [4.69, 9.17) is 0 Å². The second-order valence-corrected chi connectivity index (χ2v) is 7.16. The highest BCUT2D eigenvalue weighted by atomic mass is 16.2. The molecular weight excluding hydrogens is 382 g/mol. The maximum atomic E-state index is 12.5. The molecule has 3 amide bonds. The minimum atomic E-state index is -0.293. The lowest BCUT2D eigenvalue weighted by molar-refractivity contribution is -0.121. The van der Waals surface area contributed by atoms with E-state index in [2.05, 4.69) is 15.4 Å². The van der Waals surface area contributed by atoms with Gasteiger partial charge in [-0.15, -0.1) is 0 Å². The molecular formula is C22H21N5O3. The second kappa shape index (κ2) is 8.28. The topological polar surface area (TPSA) is 97.2 Å². The zero-order chi connectivity index (χ0) is 21.1. The summed E-state index contributed by atoms with van der Waals surface area (Å²) in [4.78, 5) is 42.6. The van der Waals surface area contributed by atoms with Gasteiger partial charge < -0.3 is 5.32 Å². The zero-order valence-electron chi connectivity index (χ0n) is 16.5. The highest BCUT2D eigenvalue weighted by Crippen LogP contribution is 2.24. The molecule has 1 aromatic carbocycles. The Morgan fingerprint density at radius 1 is 1.07 bits per heavy atom. The van der Waals surface area contributed by atoms with E-state index in [-0.39, 0.29) is 30.7 Å². The highest BCUT2D eigenvalue weighted by Gasteiger charge is 2.34. The molecule has 2 aromatic heterocycles. The average molecular weight is 403 g/mol. The maximum absolute atomic E-state index is 12.5. The van der Waals surface area contributed by atoms with Gasteiger partial charge in [-0.3, -0.25) is 19.3 Å². The van der Waals surface area contributed by atoms with Crippen molar-refractivity contribution in [3.63, 3.8) is 0 Å². The number of hydrogen-bond acceptors (Lipinski definition) is 5. The first-order chi connectivity index (χ1) is 14.5. The number of carbonyl (C=O) groups excluding carboxylic acids is 3. The fraction of sp³-hybridized carbons (Fsp3) is 0.227. The lowest BCUT2D eigenvalue weighted by atomic mass is 10.1. The molecule has 0 radical (unpaired) electrons. The van der Waals surface area contributed by atoms with Crippen LogP contribution in [0.15, 0.2) is 55.0 Å². The predicted molar refractivity (Wildman–Crippen MR) is 109 cm³/mol. The summed E-state index contributed by atoms with van der Waals surface area (Å²) in [5.41, 5.74) is 2.71. The lowest BCUT2D eigenvalue weighted by Crippen LogP contribution is -2.32. The molecule has 1 N–H and O–H groups in total. The molecule has 0 unspecified atom stereocenters. The molecule has 0 aliphatic carbocycles. The first kappa shape index (κ1) is 19.5. The predicted octanol–water partition coefficient (Wildman–Crippen LogP) is 2.27. The van der Waals surface area contributed by atoms with Gasteiger partial charge in [-0.05, 0) is 49.2 Å². The van der Waals surface area contributed by atoms with Crippen molar-refractivity contribution in [2.75, 3.05) is 6.54 Å². The number of rotatable bonds is 7. The Morgan fingerprint density at radius 2 is 1.90 bits per heavy atom. The van der Waals surface area contributed by atoms with Crippen LogP contribution < -0.4 is 5.32 Å². The number of aryl methyl sites for hydroxylation is 1. The summed E-state index contributed by atoms with van der Waals surface area (Å²) in [5.74, 6) is -0.0482. The quantitative estimate of drug-likeness (QED) is 0.611. The van der Waals surface area contributed by atoms with Crippen molar-refractivity contribution in [2.24, 2.45) is 0 Å². The molecule has 0 fully saturated rings.